The van der Waals surface area contributed by atoms with E-state index in [1.54, 1.807) is 12.1 Å². The summed E-state index contributed by atoms with van der Waals surface area (Å²) in [6.45, 7) is 4.30. The highest BCUT2D eigenvalue weighted by Gasteiger charge is 2.13. The first kappa shape index (κ1) is 18.8. The SMILES string of the molecule is Cc1ccc2c(C)c(CCC(=O)NCCc3ccc(F)cc3)c(=O)oc2c1. The van der Waals surface area contributed by atoms with Crippen molar-refractivity contribution in [1.29, 1.82) is 0 Å². The van der Waals surface area contributed by atoms with Crippen LogP contribution < -0.4 is 10.9 Å². The molecular formula is C22H22FNO3. The normalized spacial score (nSPS) is 10.9. The zero-order valence-electron chi connectivity index (χ0n) is 15.5. The molecule has 2 aromatic carbocycles. The van der Waals surface area contributed by atoms with E-state index in [4.69, 9.17) is 4.42 Å². The number of hydrogen-bond acceptors (Lipinski definition) is 3. The summed E-state index contributed by atoms with van der Waals surface area (Å²) in [5.41, 5.74) is 3.58. The molecule has 1 heterocycles. The Morgan fingerprint density at radius 1 is 1.07 bits per heavy atom. The lowest BCUT2D eigenvalue weighted by atomic mass is 10.0. The number of carbonyl (C=O) groups excluding carboxylic acids is 1. The number of carbonyl (C=O) groups is 1. The molecule has 140 valence electrons. The van der Waals surface area contributed by atoms with Gasteiger partial charge in [0.15, 0.2) is 0 Å². The highest BCUT2D eigenvalue weighted by molar-refractivity contribution is 5.82. The predicted octanol–water partition coefficient (Wildman–Crippen LogP) is 3.84. The molecule has 4 nitrogen and oxygen atoms in total. The Morgan fingerprint density at radius 3 is 2.56 bits per heavy atom. The average molecular weight is 367 g/mol. The van der Waals surface area contributed by atoms with Crippen molar-refractivity contribution in [2.45, 2.75) is 33.1 Å². The van der Waals surface area contributed by atoms with Crippen LogP contribution in [-0.4, -0.2) is 12.5 Å². The Bertz CT molecular complexity index is 1020. The molecule has 3 rings (SSSR count). The molecule has 0 saturated carbocycles. The third kappa shape index (κ3) is 4.61. The van der Waals surface area contributed by atoms with E-state index in [1.165, 1.54) is 12.1 Å². The lowest BCUT2D eigenvalue weighted by Crippen LogP contribution is -2.26. The standard InChI is InChI=1S/C22H22FNO3/c1-14-3-8-18-15(2)19(22(26)27-20(18)13-14)9-10-21(25)24-12-11-16-4-6-17(23)7-5-16/h3-8,13H,9-12H2,1-2H3,(H,24,25). The van der Waals surface area contributed by atoms with Crippen LogP contribution in [0.3, 0.4) is 0 Å². The summed E-state index contributed by atoms with van der Waals surface area (Å²) in [5.74, 6) is -0.401. The Balaban J connectivity index is 1.59. The molecule has 5 heteroatoms. The highest BCUT2D eigenvalue weighted by Crippen LogP contribution is 2.21. The maximum atomic E-state index is 12.9. The fourth-order valence-electron chi connectivity index (χ4n) is 3.11. The van der Waals surface area contributed by atoms with Gasteiger partial charge in [-0.2, -0.15) is 0 Å². The zero-order chi connectivity index (χ0) is 19.4. The molecule has 0 atom stereocenters. The van der Waals surface area contributed by atoms with Gasteiger partial charge in [-0.05, 0) is 61.6 Å². The first-order valence-electron chi connectivity index (χ1n) is 8.98. The lowest BCUT2D eigenvalue weighted by molar-refractivity contribution is -0.121. The van der Waals surface area contributed by atoms with E-state index in [0.29, 0.717) is 30.5 Å². The van der Waals surface area contributed by atoms with Crippen molar-refractivity contribution in [2.75, 3.05) is 6.54 Å². The van der Waals surface area contributed by atoms with Crippen LogP contribution >= 0.6 is 0 Å². The number of nitrogens with one attached hydrogen (secondary N) is 1. The second kappa shape index (κ2) is 8.16. The van der Waals surface area contributed by atoms with Crippen LogP contribution in [-0.2, 0) is 17.6 Å². The lowest BCUT2D eigenvalue weighted by Gasteiger charge is -2.09. The van der Waals surface area contributed by atoms with Crippen molar-refractivity contribution in [2.24, 2.45) is 0 Å². The molecule has 0 unspecified atom stereocenters. The number of fused-ring (bicyclic) bond motifs is 1. The fraction of sp³-hybridized carbons (Fsp3) is 0.273. The molecule has 3 aromatic rings. The molecule has 0 aliphatic rings. The van der Waals surface area contributed by atoms with Gasteiger partial charge >= 0.3 is 5.63 Å². The van der Waals surface area contributed by atoms with Gasteiger partial charge in [0, 0.05) is 23.9 Å². The van der Waals surface area contributed by atoms with Crippen molar-refractivity contribution in [3.8, 4) is 0 Å². The third-order valence-corrected chi connectivity index (χ3v) is 4.69. The highest BCUT2D eigenvalue weighted by atomic mass is 19.1. The molecule has 0 saturated heterocycles. The molecule has 0 spiro atoms. The van der Waals surface area contributed by atoms with Crippen LogP contribution in [0.5, 0.6) is 0 Å². The summed E-state index contributed by atoms with van der Waals surface area (Å²) in [6, 6.07) is 12.0. The number of rotatable bonds is 6. The Morgan fingerprint density at radius 2 is 1.81 bits per heavy atom. The topological polar surface area (TPSA) is 59.3 Å². The number of aryl methyl sites for hydroxylation is 2. The summed E-state index contributed by atoms with van der Waals surface area (Å²) in [6.07, 6.45) is 1.18. The zero-order valence-corrected chi connectivity index (χ0v) is 15.5. The van der Waals surface area contributed by atoms with Crippen molar-refractivity contribution in [1.82, 2.24) is 5.32 Å². The Labute approximate surface area is 157 Å². The number of benzene rings is 2. The van der Waals surface area contributed by atoms with Crippen LogP contribution in [0.25, 0.3) is 11.0 Å². The smallest absolute Gasteiger partial charge is 0.339 e. The monoisotopic (exact) mass is 367 g/mol. The maximum Gasteiger partial charge on any atom is 0.339 e. The minimum Gasteiger partial charge on any atom is -0.423 e. The quantitative estimate of drug-likeness (QED) is 0.674. The fourth-order valence-corrected chi connectivity index (χ4v) is 3.11. The Kier molecular flexibility index (Phi) is 5.69. The van der Waals surface area contributed by atoms with E-state index < -0.39 is 0 Å². The first-order valence-corrected chi connectivity index (χ1v) is 8.98. The van der Waals surface area contributed by atoms with Crippen LogP contribution in [0.15, 0.2) is 51.7 Å². The van der Waals surface area contributed by atoms with E-state index in [1.807, 2.05) is 32.0 Å². The minimum absolute atomic E-state index is 0.125. The third-order valence-electron chi connectivity index (χ3n) is 4.69. The second-order valence-electron chi connectivity index (χ2n) is 6.72. The van der Waals surface area contributed by atoms with Gasteiger partial charge < -0.3 is 9.73 Å². The summed E-state index contributed by atoms with van der Waals surface area (Å²) in [5, 5.41) is 3.73. The molecule has 27 heavy (non-hydrogen) atoms. The van der Waals surface area contributed by atoms with E-state index in [9.17, 15) is 14.0 Å². The van der Waals surface area contributed by atoms with E-state index >= 15 is 0 Å². The van der Waals surface area contributed by atoms with Crippen LogP contribution in [0.2, 0.25) is 0 Å². The number of halogens is 1. The molecule has 0 fully saturated rings. The van der Waals surface area contributed by atoms with Gasteiger partial charge in [0.2, 0.25) is 5.91 Å². The van der Waals surface area contributed by atoms with Crippen LogP contribution in [0.1, 0.15) is 28.7 Å². The molecular weight excluding hydrogens is 345 g/mol. The predicted molar refractivity (Wildman–Crippen MR) is 103 cm³/mol. The van der Waals surface area contributed by atoms with E-state index in [-0.39, 0.29) is 23.8 Å². The molecule has 0 aliphatic heterocycles. The maximum absolute atomic E-state index is 12.9. The summed E-state index contributed by atoms with van der Waals surface area (Å²) in [7, 11) is 0. The van der Waals surface area contributed by atoms with Gasteiger partial charge in [-0.3, -0.25) is 4.79 Å². The number of amides is 1. The van der Waals surface area contributed by atoms with Crippen LogP contribution in [0.4, 0.5) is 4.39 Å². The first-order chi connectivity index (χ1) is 12.9. The second-order valence-corrected chi connectivity index (χ2v) is 6.72. The van der Waals surface area contributed by atoms with Gasteiger partial charge in [-0.25, -0.2) is 9.18 Å². The largest absolute Gasteiger partial charge is 0.423 e. The number of hydrogen-bond donors (Lipinski definition) is 1. The molecule has 0 aliphatic carbocycles. The van der Waals surface area contributed by atoms with E-state index in [2.05, 4.69) is 5.32 Å². The van der Waals surface area contributed by atoms with Gasteiger partial charge in [0.1, 0.15) is 11.4 Å². The van der Waals surface area contributed by atoms with E-state index in [0.717, 1.165) is 22.1 Å². The Hall–Kier alpha value is -2.95. The summed E-state index contributed by atoms with van der Waals surface area (Å²) < 4.78 is 18.3. The average Bonchev–Trinajstić information content (AvgIpc) is 2.63. The van der Waals surface area contributed by atoms with Gasteiger partial charge in [0.05, 0.1) is 0 Å². The van der Waals surface area contributed by atoms with Crippen LogP contribution in [0, 0.1) is 19.7 Å². The molecule has 1 aromatic heterocycles. The van der Waals surface area contributed by atoms with Gasteiger partial charge in [0.25, 0.3) is 0 Å². The molecule has 0 radical (unpaired) electrons. The molecule has 1 amide bonds. The summed E-state index contributed by atoms with van der Waals surface area (Å²) in [4.78, 5) is 24.4. The van der Waals surface area contributed by atoms with Crippen molar-refractivity contribution < 1.29 is 13.6 Å². The minimum atomic E-state index is -0.385. The van der Waals surface area contributed by atoms with Gasteiger partial charge in [-0.15, -0.1) is 0 Å². The summed E-state index contributed by atoms with van der Waals surface area (Å²) >= 11 is 0. The molecule has 1 N–H and O–H groups in total. The van der Waals surface area contributed by atoms with Crippen molar-refractivity contribution >= 4 is 16.9 Å². The van der Waals surface area contributed by atoms with Crippen molar-refractivity contribution in [3.63, 3.8) is 0 Å². The van der Waals surface area contributed by atoms with Crippen molar-refractivity contribution in [3.05, 3.63) is 81.0 Å². The van der Waals surface area contributed by atoms with Gasteiger partial charge in [-0.1, -0.05) is 24.3 Å². The molecule has 0 bridgehead atoms.